The van der Waals surface area contributed by atoms with Crippen molar-refractivity contribution in [3.8, 4) is 5.75 Å². The Kier molecular flexibility index (Phi) is 10.4. The molecule has 3 aromatic rings. The van der Waals surface area contributed by atoms with Crippen LogP contribution in [0.3, 0.4) is 0 Å². The second kappa shape index (κ2) is 13.5. The van der Waals surface area contributed by atoms with Crippen LogP contribution in [0, 0.1) is 6.92 Å². The number of ether oxygens (including phenoxy) is 1. The fourth-order valence-corrected chi connectivity index (χ4v) is 5.80. The average molecular weight is 572 g/mol. The highest BCUT2D eigenvalue weighted by Crippen LogP contribution is 2.33. The Morgan fingerprint density at radius 3 is 2.23 bits per heavy atom. The van der Waals surface area contributed by atoms with E-state index in [1.54, 1.807) is 31.2 Å². The normalized spacial score (nSPS) is 11.9. The predicted octanol–water partition coefficient (Wildman–Crippen LogP) is 4.80. The quantitative estimate of drug-likeness (QED) is 0.337. The van der Waals surface area contributed by atoms with Gasteiger partial charge < -0.3 is 15.0 Å². The number of carbonyl (C=O) groups is 2. The van der Waals surface area contributed by atoms with Crippen molar-refractivity contribution in [2.75, 3.05) is 24.5 Å². The topological polar surface area (TPSA) is 96.0 Å². The van der Waals surface area contributed by atoms with Gasteiger partial charge in [0.25, 0.3) is 10.0 Å². The van der Waals surface area contributed by atoms with Crippen molar-refractivity contribution in [2.45, 2.75) is 44.7 Å². The number of aryl methyl sites for hydroxylation is 1. The van der Waals surface area contributed by atoms with E-state index in [1.165, 1.54) is 36.2 Å². The zero-order valence-electron chi connectivity index (χ0n) is 22.6. The molecule has 2 amide bonds. The van der Waals surface area contributed by atoms with Gasteiger partial charge in [-0.05, 0) is 67.8 Å². The highest BCUT2D eigenvalue weighted by molar-refractivity contribution is 7.92. The average Bonchev–Trinajstić information content (AvgIpc) is 2.93. The molecule has 0 bridgehead atoms. The molecule has 10 heteroatoms. The maximum atomic E-state index is 14.0. The van der Waals surface area contributed by atoms with Gasteiger partial charge in [0.15, 0.2) is 0 Å². The van der Waals surface area contributed by atoms with E-state index in [0.29, 0.717) is 23.8 Å². The maximum Gasteiger partial charge on any atom is 0.264 e. The standard InChI is InChI=1S/C29H34ClN3O5S/c1-5-25(29(35)31-4)32(19-22-12-8-7-11-21(22)3)28(34)20-33(26-13-9-10-14-27(26)38-6-2)39(36,37)24-17-15-23(30)16-18-24/h7-18,25H,5-6,19-20H2,1-4H3,(H,31,35)/t25-/m1/s1. The van der Waals surface area contributed by atoms with Crippen molar-refractivity contribution in [2.24, 2.45) is 0 Å². The second-order valence-corrected chi connectivity index (χ2v) is 11.2. The summed E-state index contributed by atoms with van der Waals surface area (Å²) in [5.74, 6) is -0.548. The van der Waals surface area contributed by atoms with Crippen LogP contribution in [0.15, 0.2) is 77.7 Å². The van der Waals surface area contributed by atoms with Crippen LogP contribution in [0.1, 0.15) is 31.4 Å². The largest absolute Gasteiger partial charge is 0.492 e. The minimum absolute atomic E-state index is 0.0326. The van der Waals surface area contributed by atoms with Gasteiger partial charge in [-0.25, -0.2) is 8.42 Å². The number of benzene rings is 3. The molecule has 0 aromatic heterocycles. The molecule has 0 radical (unpaired) electrons. The number of nitrogens with zero attached hydrogens (tertiary/aromatic N) is 2. The van der Waals surface area contributed by atoms with Gasteiger partial charge in [-0.2, -0.15) is 0 Å². The number of carbonyl (C=O) groups excluding carboxylic acids is 2. The first-order valence-corrected chi connectivity index (χ1v) is 14.5. The lowest BCUT2D eigenvalue weighted by Gasteiger charge is -2.33. The Morgan fingerprint density at radius 1 is 0.974 bits per heavy atom. The lowest BCUT2D eigenvalue weighted by molar-refractivity contribution is -0.140. The second-order valence-electron chi connectivity index (χ2n) is 8.85. The number of para-hydroxylation sites is 2. The number of nitrogens with one attached hydrogen (secondary N) is 1. The van der Waals surface area contributed by atoms with E-state index >= 15 is 0 Å². The van der Waals surface area contributed by atoms with Gasteiger partial charge in [0.05, 0.1) is 17.2 Å². The van der Waals surface area contributed by atoms with Gasteiger partial charge in [-0.15, -0.1) is 0 Å². The summed E-state index contributed by atoms with van der Waals surface area (Å²) < 4.78 is 34.7. The molecule has 208 valence electrons. The summed E-state index contributed by atoms with van der Waals surface area (Å²) in [6.07, 6.45) is 0.344. The van der Waals surface area contributed by atoms with Gasteiger partial charge in [-0.1, -0.05) is 54.9 Å². The number of likely N-dealkylation sites (N-methyl/N-ethyl adjacent to an activating group) is 1. The molecular formula is C29H34ClN3O5S. The van der Waals surface area contributed by atoms with E-state index in [-0.39, 0.29) is 23.0 Å². The lowest BCUT2D eigenvalue weighted by Crippen LogP contribution is -2.51. The van der Waals surface area contributed by atoms with Gasteiger partial charge in [0.1, 0.15) is 18.3 Å². The molecule has 0 aliphatic rings. The predicted molar refractivity (Wildman–Crippen MR) is 153 cm³/mol. The number of halogens is 1. The van der Waals surface area contributed by atoms with Crippen LogP contribution in [-0.4, -0.2) is 51.4 Å². The van der Waals surface area contributed by atoms with E-state index in [9.17, 15) is 18.0 Å². The smallest absolute Gasteiger partial charge is 0.264 e. The van der Waals surface area contributed by atoms with Gasteiger partial charge in [-0.3, -0.25) is 13.9 Å². The molecule has 0 heterocycles. The monoisotopic (exact) mass is 571 g/mol. The van der Waals surface area contributed by atoms with Crippen LogP contribution in [0.5, 0.6) is 5.75 Å². The fourth-order valence-electron chi connectivity index (χ4n) is 4.24. The number of rotatable bonds is 12. The van der Waals surface area contributed by atoms with E-state index in [2.05, 4.69) is 5.32 Å². The zero-order valence-corrected chi connectivity index (χ0v) is 24.1. The van der Waals surface area contributed by atoms with Crippen molar-refractivity contribution in [3.05, 3.63) is 88.9 Å². The molecule has 0 fully saturated rings. The third-order valence-electron chi connectivity index (χ3n) is 6.35. The number of hydrogen-bond donors (Lipinski definition) is 1. The first kappa shape index (κ1) is 30.0. The molecule has 0 saturated heterocycles. The van der Waals surface area contributed by atoms with Crippen LogP contribution >= 0.6 is 11.6 Å². The van der Waals surface area contributed by atoms with E-state index in [0.717, 1.165) is 15.4 Å². The van der Waals surface area contributed by atoms with Crippen LogP contribution in [0.2, 0.25) is 5.02 Å². The van der Waals surface area contributed by atoms with E-state index in [4.69, 9.17) is 16.3 Å². The maximum absolute atomic E-state index is 14.0. The van der Waals surface area contributed by atoms with Crippen LogP contribution < -0.4 is 14.4 Å². The van der Waals surface area contributed by atoms with E-state index < -0.39 is 28.5 Å². The fraction of sp³-hybridized carbons (Fsp3) is 0.310. The molecule has 1 atom stereocenters. The van der Waals surface area contributed by atoms with Gasteiger partial charge in [0.2, 0.25) is 11.8 Å². The first-order chi connectivity index (χ1) is 18.6. The molecule has 39 heavy (non-hydrogen) atoms. The van der Waals surface area contributed by atoms with Crippen molar-refractivity contribution in [1.82, 2.24) is 10.2 Å². The van der Waals surface area contributed by atoms with Crippen molar-refractivity contribution >= 4 is 39.1 Å². The third-order valence-corrected chi connectivity index (χ3v) is 8.37. The summed E-state index contributed by atoms with van der Waals surface area (Å²) in [5, 5.41) is 3.01. The van der Waals surface area contributed by atoms with Crippen molar-refractivity contribution in [3.63, 3.8) is 0 Å². The molecule has 0 spiro atoms. The number of amides is 2. The summed E-state index contributed by atoms with van der Waals surface area (Å²) in [4.78, 5) is 28.3. The molecule has 1 N–H and O–H groups in total. The molecular weight excluding hydrogens is 538 g/mol. The number of sulfonamides is 1. The molecule has 8 nitrogen and oxygen atoms in total. The van der Waals surface area contributed by atoms with Crippen LogP contribution in [0.4, 0.5) is 5.69 Å². The minimum Gasteiger partial charge on any atom is -0.492 e. The lowest BCUT2D eigenvalue weighted by atomic mass is 10.1. The molecule has 3 rings (SSSR count). The first-order valence-electron chi connectivity index (χ1n) is 12.7. The van der Waals surface area contributed by atoms with E-state index in [1.807, 2.05) is 38.1 Å². The highest BCUT2D eigenvalue weighted by atomic mass is 35.5. The summed E-state index contributed by atoms with van der Waals surface area (Å²) in [7, 11) is -2.72. The molecule has 0 aliphatic heterocycles. The molecule has 3 aromatic carbocycles. The summed E-state index contributed by atoms with van der Waals surface area (Å²) >= 11 is 6.01. The molecule has 0 unspecified atom stereocenters. The summed E-state index contributed by atoms with van der Waals surface area (Å²) in [5.41, 5.74) is 2.02. The zero-order chi connectivity index (χ0) is 28.6. The Bertz CT molecular complexity index is 1400. The number of anilines is 1. The Morgan fingerprint density at radius 2 is 1.62 bits per heavy atom. The van der Waals surface area contributed by atoms with Crippen LogP contribution in [0.25, 0.3) is 0 Å². The van der Waals surface area contributed by atoms with Gasteiger partial charge in [0, 0.05) is 18.6 Å². The summed E-state index contributed by atoms with van der Waals surface area (Å²) in [6, 6.07) is 19.2. The molecule has 0 saturated carbocycles. The Balaban J connectivity index is 2.12. The highest BCUT2D eigenvalue weighted by Gasteiger charge is 2.34. The van der Waals surface area contributed by atoms with Crippen molar-refractivity contribution < 1.29 is 22.7 Å². The molecule has 0 aliphatic carbocycles. The Hall–Kier alpha value is -3.56. The SMILES string of the molecule is CCOc1ccccc1N(CC(=O)N(Cc1ccccc1C)[C@H](CC)C(=O)NC)S(=O)(=O)c1ccc(Cl)cc1. The summed E-state index contributed by atoms with van der Waals surface area (Å²) in [6.45, 7) is 5.42. The Labute approximate surface area is 235 Å². The third kappa shape index (κ3) is 7.10. The minimum atomic E-state index is -4.23. The van der Waals surface area contributed by atoms with Crippen LogP contribution in [-0.2, 0) is 26.2 Å². The van der Waals surface area contributed by atoms with Gasteiger partial charge >= 0.3 is 0 Å². The number of hydrogen-bond acceptors (Lipinski definition) is 5. The van der Waals surface area contributed by atoms with Crippen molar-refractivity contribution in [1.29, 1.82) is 0 Å².